The summed E-state index contributed by atoms with van der Waals surface area (Å²) in [5.41, 5.74) is 2.37. The topological polar surface area (TPSA) is 69.0 Å². The van der Waals surface area contributed by atoms with E-state index in [-0.39, 0.29) is 24.0 Å². The first kappa shape index (κ1) is 21.6. The molecule has 0 atom stereocenters. The molecule has 0 radical (unpaired) electrons. The van der Waals surface area contributed by atoms with Gasteiger partial charge in [0.15, 0.2) is 11.0 Å². The van der Waals surface area contributed by atoms with Crippen molar-refractivity contribution in [2.45, 2.75) is 32.2 Å². The molecule has 0 saturated carbocycles. The maximum absolute atomic E-state index is 13.7. The van der Waals surface area contributed by atoms with E-state index in [9.17, 15) is 9.18 Å². The number of amides is 1. The van der Waals surface area contributed by atoms with Crippen LogP contribution in [0.5, 0.6) is 5.75 Å². The molecule has 0 aliphatic heterocycles. The van der Waals surface area contributed by atoms with Gasteiger partial charge in [0.1, 0.15) is 18.2 Å². The van der Waals surface area contributed by atoms with Crippen LogP contribution in [0.2, 0.25) is 0 Å². The van der Waals surface area contributed by atoms with Gasteiger partial charge < -0.3 is 10.1 Å². The number of nitrogens with one attached hydrogen (secondary N) is 1. The van der Waals surface area contributed by atoms with E-state index in [1.165, 1.54) is 29.5 Å². The Morgan fingerprint density at radius 2 is 2.07 bits per heavy atom. The molecular formula is C22H23FN4O2S. The molecule has 156 valence electrons. The van der Waals surface area contributed by atoms with Gasteiger partial charge in [0.05, 0.1) is 11.4 Å². The van der Waals surface area contributed by atoms with Gasteiger partial charge in [0.25, 0.3) is 0 Å². The van der Waals surface area contributed by atoms with Gasteiger partial charge in [-0.25, -0.2) is 4.39 Å². The summed E-state index contributed by atoms with van der Waals surface area (Å²) in [6.45, 7) is 8.52. The van der Waals surface area contributed by atoms with Crippen molar-refractivity contribution in [1.82, 2.24) is 14.8 Å². The number of carbonyl (C=O) groups is 1. The first-order valence-electron chi connectivity index (χ1n) is 9.38. The first-order chi connectivity index (χ1) is 14.5. The summed E-state index contributed by atoms with van der Waals surface area (Å²) in [7, 11) is 0. The van der Waals surface area contributed by atoms with Crippen LogP contribution < -0.4 is 10.1 Å². The number of thioether (sulfide) groups is 1. The third-order valence-corrected chi connectivity index (χ3v) is 5.24. The number of aromatic nitrogens is 3. The van der Waals surface area contributed by atoms with E-state index in [1.807, 2.05) is 30.5 Å². The van der Waals surface area contributed by atoms with Gasteiger partial charge in [-0.2, -0.15) is 0 Å². The van der Waals surface area contributed by atoms with Crippen molar-refractivity contribution in [2.24, 2.45) is 0 Å². The predicted molar refractivity (Wildman–Crippen MR) is 116 cm³/mol. The van der Waals surface area contributed by atoms with E-state index in [0.29, 0.717) is 17.5 Å². The Labute approximate surface area is 179 Å². The molecule has 1 heterocycles. The highest BCUT2D eigenvalue weighted by Gasteiger charge is 2.15. The molecule has 1 N–H and O–H groups in total. The zero-order valence-electron chi connectivity index (χ0n) is 16.9. The Balaban J connectivity index is 1.64. The summed E-state index contributed by atoms with van der Waals surface area (Å²) in [5.74, 6) is 0.684. The van der Waals surface area contributed by atoms with E-state index >= 15 is 0 Å². The summed E-state index contributed by atoms with van der Waals surface area (Å²) in [5, 5.41) is 11.5. The molecule has 8 heteroatoms. The highest BCUT2D eigenvalue weighted by Crippen LogP contribution is 2.22. The van der Waals surface area contributed by atoms with Crippen LogP contribution in [-0.4, -0.2) is 26.4 Å². The lowest BCUT2D eigenvalue weighted by Crippen LogP contribution is -2.15. The molecule has 3 rings (SSSR count). The van der Waals surface area contributed by atoms with Gasteiger partial charge in [0, 0.05) is 6.54 Å². The van der Waals surface area contributed by atoms with Crippen molar-refractivity contribution >= 4 is 23.4 Å². The Bertz CT molecular complexity index is 1050. The van der Waals surface area contributed by atoms with Crippen LogP contribution in [0.3, 0.4) is 0 Å². The Morgan fingerprint density at radius 1 is 1.27 bits per heavy atom. The van der Waals surface area contributed by atoms with Gasteiger partial charge >= 0.3 is 0 Å². The molecule has 6 nitrogen and oxygen atoms in total. The fraction of sp³-hybridized carbons (Fsp3) is 0.227. The van der Waals surface area contributed by atoms with Crippen molar-refractivity contribution in [3.8, 4) is 5.75 Å². The van der Waals surface area contributed by atoms with Crippen LogP contribution in [0.15, 0.2) is 60.3 Å². The lowest BCUT2D eigenvalue weighted by atomic mass is 10.1. The molecule has 0 fully saturated rings. The van der Waals surface area contributed by atoms with E-state index in [2.05, 4.69) is 28.2 Å². The third kappa shape index (κ3) is 5.48. The molecule has 1 aromatic heterocycles. The van der Waals surface area contributed by atoms with Crippen LogP contribution in [-0.2, 0) is 17.9 Å². The van der Waals surface area contributed by atoms with E-state index < -0.39 is 5.82 Å². The highest BCUT2D eigenvalue weighted by molar-refractivity contribution is 7.99. The molecule has 0 aliphatic carbocycles. The number of allylic oxidation sites excluding steroid dienone is 1. The number of anilines is 1. The summed E-state index contributed by atoms with van der Waals surface area (Å²) < 4.78 is 21.4. The van der Waals surface area contributed by atoms with Gasteiger partial charge in [-0.05, 0) is 37.6 Å². The van der Waals surface area contributed by atoms with E-state index in [0.717, 1.165) is 11.3 Å². The number of para-hydroxylation sites is 1. The minimum absolute atomic E-state index is 0.0710. The van der Waals surface area contributed by atoms with Gasteiger partial charge in [-0.1, -0.05) is 47.7 Å². The summed E-state index contributed by atoms with van der Waals surface area (Å²) >= 11 is 1.22. The summed E-state index contributed by atoms with van der Waals surface area (Å²) in [6, 6.07) is 12.0. The normalized spacial score (nSPS) is 10.6. The smallest absolute Gasteiger partial charge is 0.234 e. The maximum atomic E-state index is 13.7. The molecule has 0 aliphatic rings. The SMILES string of the molecule is C=CCn1c(COc2ccc(C)cc2C)nnc1SCC(=O)Nc1ccccc1F. The average molecular weight is 427 g/mol. The Kier molecular flexibility index (Phi) is 7.24. The number of benzene rings is 2. The number of nitrogens with zero attached hydrogens (tertiary/aromatic N) is 3. The maximum Gasteiger partial charge on any atom is 0.234 e. The van der Waals surface area contributed by atoms with Gasteiger partial charge in [-0.15, -0.1) is 16.8 Å². The first-order valence-corrected chi connectivity index (χ1v) is 10.4. The largest absolute Gasteiger partial charge is 0.485 e. The quantitative estimate of drug-likeness (QED) is 0.402. The van der Waals surface area contributed by atoms with Gasteiger partial charge in [-0.3, -0.25) is 9.36 Å². The van der Waals surface area contributed by atoms with Crippen molar-refractivity contribution in [2.75, 3.05) is 11.1 Å². The van der Waals surface area contributed by atoms with Crippen molar-refractivity contribution < 1.29 is 13.9 Å². The molecule has 1 amide bonds. The fourth-order valence-corrected chi connectivity index (χ4v) is 3.59. The molecule has 30 heavy (non-hydrogen) atoms. The predicted octanol–water partition coefficient (Wildman–Crippen LogP) is 4.53. The molecule has 0 spiro atoms. The van der Waals surface area contributed by atoms with Crippen LogP contribution in [0.1, 0.15) is 17.0 Å². The average Bonchev–Trinajstić information content (AvgIpc) is 3.09. The molecule has 0 bridgehead atoms. The number of carbonyl (C=O) groups excluding carboxylic acids is 1. The van der Waals surface area contributed by atoms with E-state index in [1.54, 1.807) is 18.2 Å². The minimum atomic E-state index is -0.475. The van der Waals surface area contributed by atoms with Crippen LogP contribution in [0, 0.1) is 19.7 Å². The van der Waals surface area contributed by atoms with E-state index in [4.69, 9.17) is 4.74 Å². The summed E-state index contributed by atoms with van der Waals surface area (Å²) in [6.07, 6.45) is 1.73. The van der Waals surface area contributed by atoms with Crippen molar-refractivity contribution in [3.63, 3.8) is 0 Å². The second-order valence-corrected chi connectivity index (χ2v) is 7.61. The Morgan fingerprint density at radius 3 is 2.80 bits per heavy atom. The van der Waals surface area contributed by atoms with Crippen LogP contribution in [0.4, 0.5) is 10.1 Å². The number of ether oxygens (including phenoxy) is 1. The molecule has 0 unspecified atom stereocenters. The lowest BCUT2D eigenvalue weighted by molar-refractivity contribution is -0.113. The standard InChI is InChI=1S/C22H23FN4O2S/c1-4-11-27-20(13-29-19-10-9-15(2)12-16(19)3)25-26-22(27)30-14-21(28)24-18-8-6-5-7-17(18)23/h4-10,12H,1,11,13-14H2,2-3H3,(H,24,28). The molecular weight excluding hydrogens is 403 g/mol. The number of hydrogen-bond acceptors (Lipinski definition) is 5. The highest BCUT2D eigenvalue weighted by atomic mass is 32.2. The molecule has 0 saturated heterocycles. The number of halogens is 1. The van der Waals surface area contributed by atoms with Crippen molar-refractivity contribution in [1.29, 1.82) is 0 Å². The zero-order valence-corrected chi connectivity index (χ0v) is 17.7. The third-order valence-electron chi connectivity index (χ3n) is 4.27. The number of hydrogen-bond donors (Lipinski definition) is 1. The second-order valence-electron chi connectivity index (χ2n) is 6.67. The van der Waals surface area contributed by atoms with Crippen LogP contribution >= 0.6 is 11.8 Å². The van der Waals surface area contributed by atoms with Crippen LogP contribution in [0.25, 0.3) is 0 Å². The number of aryl methyl sites for hydroxylation is 2. The molecule has 3 aromatic rings. The summed E-state index contributed by atoms with van der Waals surface area (Å²) in [4.78, 5) is 12.2. The second kappa shape index (κ2) is 10.1. The zero-order chi connectivity index (χ0) is 21.5. The monoisotopic (exact) mass is 426 g/mol. The Hall–Kier alpha value is -3.13. The fourth-order valence-electron chi connectivity index (χ4n) is 2.83. The lowest BCUT2D eigenvalue weighted by Gasteiger charge is -2.11. The number of rotatable bonds is 9. The van der Waals surface area contributed by atoms with Crippen molar-refractivity contribution in [3.05, 3.63) is 77.9 Å². The molecule has 2 aromatic carbocycles. The van der Waals surface area contributed by atoms with Gasteiger partial charge in [0.2, 0.25) is 5.91 Å². The minimum Gasteiger partial charge on any atom is -0.485 e.